The van der Waals surface area contributed by atoms with Crippen LogP contribution in [0, 0.1) is 5.92 Å². The van der Waals surface area contributed by atoms with Gasteiger partial charge in [0.25, 0.3) is 10.0 Å². The van der Waals surface area contributed by atoms with E-state index in [0.717, 1.165) is 44.5 Å². The maximum atomic E-state index is 12.7. The van der Waals surface area contributed by atoms with Gasteiger partial charge in [-0.05, 0) is 56.7 Å². The van der Waals surface area contributed by atoms with Crippen LogP contribution in [0.2, 0.25) is 10.0 Å². The van der Waals surface area contributed by atoms with E-state index in [4.69, 9.17) is 51.8 Å². The minimum absolute atomic E-state index is 0.0898. The second-order valence-corrected chi connectivity index (χ2v) is 12.5. The minimum Gasteiger partial charge on any atom is -0.490 e. The van der Waals surface area contributed by atoms with E-state index >= 15 is 0 Å². The number of ether oxygens (including phenoxy) is 1. The Balaban J connectivity index is 1.24. The first kappa shape index (κ1) is 26.9. The maximum absolute atomic E-state index is 12.7. The molecule has 35 heavy (non-hydrogen) atoms. The normalized spacial score (nSPS) is 24.5. The van der Waals surface area contributed by atoms with Gasteiger partial charge in [-0.25, -0.2) is 13.1 Å². The lowest BCUT2D eigenvalue weighted by atomic mass is 9.84. The monoisotopic (exact) mass is 576 g/mol. The Hall–Kier alpha value is -1.16. The predicted molar refractivity (Wildman–Crippen MR) is 144 cm³/mol. The second kappa shape index (κ2) is 11.5. The van der Waals surface area contributed by atoms with Crippen molar-refractivity contribution >= 4 is 67.8 Å². The van der Waals surface area contributed by atoms with Crippen molar-refractivity contribution in [1.82, 2.24) is 9.62 Å². The van der Waals surface area contributed by atoms with Gasteiger partial charge in [0, 0.05) is 47.4 Å². The number of likely N-dealkylation sites (tertiary alicyclic amines) is 1. The number of piperidine rings is 1. The lowest BCUT2D eigenvalue weighted by Gasteiger charge is -2.40. The summed E-state index contributed by atoms with van der Waals surface area (Å²) in [5, 5.41) is 1.29. The summed E-state index contributed by atoms with van der Waals surface area (Å²) in [4.78, 5) is 15.4. The average molecular weight is 578 g/mol. The topological polar surface area (TPSA) is 75.7 Å². The zero-order valence-electron chi connectivity index (χ0n) is 19.0. The molecule has 1 saturated heterocycles. The number of hydrogen-bond acceptors (Lipinski definition) is 6. The molecule has 1 heterocycles. The molecule has 11 heteroatoms. The molecule has 0 radical (unpaired) electrons. The highest BCUT2D eigenvalue weighted by atomic mass is 35.5. The molecule has 1 aromatic rings. The molecule has 1 saturated carbocycles. The van der Waals surface area contributed by atoms with Crippen molar-refractivity contribution in [2.45, 2.75) is 57.1 Å². The third kappa shape index (κ3) is 6.79. The molecule has 0 atom stereocenters. The summed E-state index contributed by atoms with van der Waals surface area (Å²) in [7, 11) is -4.03. The number of nitrogens with one attached hydrogen (secondary N) is 1. The van der Waals surface area contributed by atoms with Gasteiger partial charge in [0.05, 0.1) is 10.0 Å². The Labute approximate surface area is 226 Å². The molecule has 0 aromatic heterocycles. The number of allylic oxidation sites excluding steroid dienone is 4. The van der Waals surface area contributed by atoms with Crippen molar-refractivity contribution in [3.63, 3.8) is 0 Å². The van der Waals surface area contributed by atoms with E-state index in [1.165, 1.54) is 6.08 Å². The van der Waals surface area contributed by atoms with E-state index in [1.54, 1.807) is 18.2 Å². The highest BCUT2D eigenvalue weighted by molar-refractivity contribution is 7.97. The fraction of sp³-hybridized carbons (Fsp3) is 0.500. The number of carbonyl (C=O) groups excluding carboxylic acids is 1. The summed E-state index contributed by atoms with van der Waals surface area (Å²) in [6.07, 6.45) is 8.16. The molecule has 1 aromatic carbocycles. The van der Waals surface area contributed by atoms with Crippen LogP contribution in [0.4, 0.5) is 0 Å². The highest BCUT2D eigenvalue weighted by Crippen LogP contribution is 2.32. The summed E-state index contributed by atoms with van der Waals surface area (Å²) in [5.41, 5.74) is 0. The van der Waals surface area contributed by atoms with Gasteiger partial charge < -0.3 is 9.64 Å². The van der Waals surface area contributed by atoms with E-state index in [0.29, 0.717) is 34.0 Å². The molecule has 190 valence electrons. The van der Waals surface area contributed by atoms with Crippen LogP contribution in [0.5, 0.6) is 5.75 Å². The maximum Gasteiger partial charge on any atom is 0.265 e. The van der Waals surface area contributed by atoms with Crippen LogP contribution in [0.1, 0.15) is 44.9 Å². The van der Waals surface area contributed by atoms with Gasteiger partial charge in [-0.2, -0.15) is 0 Å². The van der Waals surface area contributed by atoms with E-state index < -0.39 is 15.9 Å². The van der Waals surface area contributed by atoms with Crippen LogP contribution >= 0.6 is 47.0 Å². The number of sulfonamides is 1. The van der Waals surface area contributed by atoms with Crippen molar-refractivity contribution in [2.24, 2.45) is 5.92 Å². The lowest BCUT2D eigenvalue weighted by Crippen LogP contribution is -2.47. The number of nitrogens with zero attached hydrogens (tertiary/aromatic N) is 1. The van der Waals surface area contributed by atoms with Gasteiger partial charge in [-0.1, -0.05) is 53.1 Å². The molecule has 0 unspecified atom stereocenters. The minimum atomic E-state index is -4.03. The first-order chi connectivity index (χ1) is 16.6. The van der Waals surface area contributed by atoms with Gasteiger partial charge in [-0.15, -0.1) is 0 Å². The van der Waals surface area contributed by atoms with Gasteiger partial charge in [0.2, 0.25) is 5.91 Å². The number of hydrogen-bond donors (Lipinski definition) is 1. The van der Waals surface area contributed by atoms with Crippen LogP contribution in [-0.4, -0.2) is 49.3 Å². The van der Waals surface area contributed by atoms with E-state index in [9.17, 15) is 13.2 Å². The van der Waals surface area contributed by atoms with Crippen LogP contribution in [0.3, 0.4) is 0 Å². The van der Waals surface area contributed by atoms with Crippen molar-refractivity contribution < 1.29 is 17.9 Å². The molecule has 0 spiro atoms. The van der Waals surface area contributed by atoms with Crippen LogP contribution in [0.15, 0.2) is 40.3 Å². The lowest BCUT2D eigenvalue weighted by molar-refractivity contribution is -0.124. The largest absolute Gasteiger partial charge is 0.490 e. The highest BCUT2D eigenvalue weighted by Gasteiger charge is 2.34. The Morgan fingerprint density at radius 3 is 2.37 bits per heavy atom. The second-order valence-electron chi connectivity index (χ2n) is 9.13. The number of rotatable bonds is 6. The Kier molecular flexibility index (Phi) is 8.82. The fourth-order valence-electron chi connectivity index (χ4n) is 4.86. The SMILES string of the molecule is O=C(NS(=O)(=O)C1=CC(Cl)=CCC1=S)C1CCC(N2CCC(Oc3ccc(Cl)c(Cl)c3)CC2)CC1. The standard InChI is InChI=1S/C24H27Cl3N2O4S2/c25-16-3-8-22(34)23(13-16)35(31,32)28-24(30)15-1-4-17(5-2-15)29-11-9-18(10-12-29)33-19-6-7-20(26)21(27)14-19/h3,6-7,13-15,17-18H,1-2,4-5,8-12H2,(H,28,30). The summed E-state index contributed by atoms with van der Waals surface area (Å²) >= 11 is 23.1. The molecule has 2 aliphatic carbocycles. The molecule has 3 aliphatic rings. The zero-order chi connectivity index (χ0) is 25.2. The number of amides is 1. The Morgan fingerprint density at radius 2 is 1.71 bits per heavy atom. The van der Waals surface area contributed by atoms with Crippen molar-refractivity contribution in [1.29, 1.82) is 0 Å². The molecule has 6 nitrogen and oxygen atoms in total. The number of carbonyl (C=O) groups is 1. The molecule has 1 amide bonds. The molecule has 1 aliphatic heterocycles. The summed E-state index contributed by atoms with van der Waals surface area (Å²) < 4.78 is 33.7. The summed E-state index contributed by atoms with van der Waals surface area (Å²) in [6.45, 7) is 1.84. The molecule has 4 rings (SSSR count). The average Bonchev–Trinajstić information content (AvgIpc) is 2.83. The molecular formula is C24H27Cl3N2O4S2. The number of thiocarbonyl (C=S) groups is 1. The third-order valence-electron chi connectivity index (χ3n) is 6.81. The van der Waals surface area contributed by atoms with E-state index in [2.05, 4.69) is 9.62 Å². The molecular weight excluding hydrogens is 551 g/mol. The van der Waals surface area contributed by atoms with Gasteiger partial charge >= 0.3 is 0 Å². The van der Waals surface area contributed by atoms with Gasteiger partial charge in [0.15, 0.2) is 0 Å². The first-order valence-corrected chi connectivity index (χ1v) is 14.7. The molecule has 0 bridgehead atoms. The summed E-state index contributed by atoms with van der Waals surface area (Å²) in [6, 6.07) is 5.70. The summed E-state index contributed by atoms with van der Waals surface area (Å²) in [5.74, 6) is -0.0748. The van der Waals surface area contributed by atoms with E-state index in [1.807, 2.05) is 6.07 Å². The quantitative estimate of drug-likeness (QED) is 0.442. The molecule has 1 N–H and O–H groups in total. The number of halogens is 3. The predicted octanol–water partition coefficient (Wildman–Crippen LogP) is 5.62. The van der Waals surface area contributed by atoms with Crippen molar-refractivity contribution in [2.75, 3.05) is 13.1 Å². The first-order valence-electron chi connectivity index (χ1n) is 11.7. The van der Waals surface area contributed by atoms with Crippen molar-refractivity contribution in [3.8, 4) is 5.75 Å². The smallest absolute Gasteiger partial charge is 0.265 e. The van der Waals surface area contributed by atoms with Crippen LogP contribution in [-0.2, 0) is 14.8 Å². The van der Waals surface area contributed by atoms with Crippen LogP contribution in [0.25, 0.3) is 0 Å². The van der Waals surface area contributed by atoms with E-state index in [-0.39, 0.29) is 28.2 Å². The van der Waals surface area contributed by atoms with Crippen molar-refractivity contribution in [3.05, 3.63) is 50.3 Å². The fourth-order valence-corrected chi connectivity index (χ4v) is 7.08. The Bertz CT molecular complexity index is 1150. The molecule has 2 fully saturated rings. The number of benzene rings is 1. The van der Waals surface area contributed by atoms with Gasteiger partial charge in [0.1, 0.15) is 16.8 Å². The van der Waals surface area contributed by atoms with Crippen LogP contribution < -0.4 is 9.46 Å². The van der Waals surface area contributed by atoms with Gasteiger partial charge in [-0.3, -0.25) is 4.79 Å². The zero-order valence-corrected chi connectivity index (χ0v) is 22.9. The third-order valence-corrected chi connectivity index (χ3v) is 9.74. The Morgan fingerprint density at radius 1 is 1.03 bits per heavy atom.